The van der Waals surface area contributed by atoms with Gasteiger partial charge in [0.2, 0.25) is 4.96 Å². The standard InChI is InChI=1S/C15H17BrN4O2S2/c1-9(2)13-14(20-15(18-13)23-10(3)19-20)24(21,22)17-8-11-5-4-6-12(16)7-11/h4-7,9,17H,8H2,1-3H3. The highest BCUT2D eigenvalue weighted by molar-refractivity contribution is 9.10. The fourth-order valence-electron chi connectivity index (χ4n) is 2.36. The summed E-state index contributed by atoms with van der Waals surface area (Å²) in [6.07, 6.45) is 0. The third-order valence-corrected chi connectivity index (χ3v) is 6.18. The van der Waals surface area contributed by atoms with Crippen molar-refractivity contribution in [3.8, 4) is 0 Å². The molecule has 0 spiro atoms. The first-order chi connectivity index (χ1) is 11.3. The molecule has 0 aliphatic carbocycles. The summed E-state index contributed by atoms with van der Waals surface area (Å²) in [5.74, 6) is -0.0170. The van der Waals surface area contributed by atoms with E-state index in [-0.39, 0.29) is 17.5 Å². The number of rotatable bonds is 5. The van der Waals surface area contributed by atoms with E-state index >= 15 is 0 Å². The summed E-state index contributed by atoms with van der Waals surface area (Å²) < 4.78 is 30.8. The number of sulfonamides is 1. The van der Waals surface area contributed by atoms with E-state index in [2.05, 4.69) is 30.7 Å². The molecule has 6 nitrogen and oxygen atoms in total. The van der Waals surface area contributed by atoms with Gasteiger partial charge in [0.25, 0.3) is 10.0 Å². The molecular weight excluding hydrogens is 412 g/mol. The van der Waals surface area contributed by atoms with Gasteiger partial charge in [-0.2, -0.15) is 9.61 Å². The number of fused-ring (bicyclic) bond motifs is 1. The average Bonchev–Trinajstić information content (AvgIpc) is 3.01. The maximum Gasteiger partial charge on any atom is 0.260 e. The van der Waals surface area contributed by atoms with Crippen LogP contribution in [0, 0.1) is 6.92 Å². The third kappa shape index (κ3) is 3.39. The summed E-state index contributed by atoms with van der Waals surface area (Å²) >= 11 is 4.77. The van der Waals surface area contributed by atoms with Crippen LogP contribution < -0.4 is 4.72 Å². The zero-order chi connectivity index (χ0) is 17.5. The Morgan fingerprint density at radius 3 is 2.79 bits per heavy atom. The molecule has 0 unspecified atom stereocenters. The second kappa shape index (κ2) is 6.55. The maximum atomic E-state index is 12.9. The lowest BCUT2D eigenvalue weighted by Gasteiger charge is -2.09. The number of nitrogens with one attached hydrogen (secondary N) is 1. The number of hydrogen-bond acceptors (Lipinski definition) is 5. The fourth-order valence-corrected chi connectivity index (χ4v) is 5.02. The highest BCUT2D eigenvalue weighted by Gasteiger charge is 2.28. The van der Waals surface area contributed by atoms with Gasteiger partial charge in [0.05, 0.1) is 5.69 Å². The van der Waals surface area contributed by atoms with E-state index in [1.807, 2.05) is 45.0 Å². The van der Waals surface area contributed by atoms with E-state index in [9.17, 15) is 8.42 Å². The quantitative estimate of drug-likeness (QED) is 0.674. The zero-order valence-electron chi connectivity index (χ0n) is 13.4. The first-order valence-electron chi connectivity index (χ1n) is 7.38. The predicted molar refractivity (Wildman–Crippen MR) is 97.9 cm³/mol. The molecule has 9 heteroatoms. The third-order valence-electron chi connectivity index (χ3n) is 3.45. The number of aromatic nitrogens is 3. The minimum Gasteiger partial charge on any atom is -0.221 e. The molecule has 0 atom stereocenters. The molecule has 24 heavy (non-hydrogen) atoms. The highest BCUT2D eigenvalue weighted by Crippen LogP contribution is 2.27. The Morgan fingerprint density at radius 1 is 1.38 bits per heavy atom. The minimum atomic E-state index is -3.74. The van der Waals surface area contributed by atoms with E-state index in [4.69, 9.17) is 0 Å². The van der Waals surface area contributed by atoms with Crippen LogP contribution in [-0.2, 0) is 16.6 Å². The van der Waals surface area contributed by atoms with Gasteiger partial charge in [0.15, 0.2) is 5.03 Å². The lowest BCUT2D eigenvalue weighted by Crippen LogP contribution is -2.26. The number of benzene rings is 1. The molecule has 0 amide bonds. The molecule has 0 saturated carbocycles. The van der Waals surface area contributed by atoms with Crippen molar-refractivity contribution >= 4 is 42.3 Å². The molecular formula is C15H17BrN4O2S2. The van der Waals surface area contributed by atoms with Crippen molar-refractivity contribution in [1.82, 2.24) is 19.3 Å². The first-order valence-corrected chi connectivity index (χ1v) is 10.5. The molecule has 0 radical (unpaired) electrons. The Kier molecular flexibility index (Phi) is 4.78. The van der Waals surface area contributed by atoms with Gasteiger partial charge in [0.1, 0.15) is 5.01 Å². The zero-order valence-corrected chi connectivity index (χ0v) is 16.7. The minimum absolute atomic E-state index is 0.0170. The van der Waals surface area contributed by atoms with E-state index in [1.54, 1.807) is 0 Å². The van der Waals surface area contributed by atoms with E-state index < -0.39 is 10.0 Å². The van der Waals surface area contributed by atoms with E-state index in [0.717, 1.165) is 15.0 Å². The van der Waals surface area contributed by atoms with Crippen molar-refractivity contribution in [2.24, 2.45) is 0 Å². The number of imidazole rings is 1. The second-order valence-corrected chi connectivity index (χ2v) is 9.48. The van der Waals surface area contributed by atoms with Crippen molar-refractivity contribution in [3.63, 3.8) is 0 Å². The van der Waals surface area contributed by atoms with Crippen molar-refractivity contribution in [1.29, 1.82) is 0 Å². The van der Waals surface area contributed by atoms with Crippen LogP contribution in [0.3, 0.4) is 0 Å². The summed E-state index contributed by atoms with van der Waals surface area (Å²) in [6.45, 7) is 5.88. The van der Waals surface area contributed by atoms with Gasteiger partial charge in [0, 0.05) is 11.0 Å². The summed E-state index contributed by atoms with van der Waals surface area (Å²) in [7, 11) is -3.74. The van der Waals surface area contributed by atoms with Crippen LogP contribution in [-0.4, -0.2) is 23.0 Å². The number of nitrogens with zero attached hydrogens (tertiary/aromatic N) is 3. The Bertz CT molecular complexity index is 992. The molecule has 1 N–H and O–H groups in total. The number of hydrogen-bond donors (Lipinski definition) is 1. The van der Waals surface area contributed by atoms with Crippen LogP contribution in [0.2, 0.25) is 0 Å². The molecule has 0 fully saturated rings. The molecule has 128 valence electrons. The van der Waals surface area contributed by atoms with Gasteiger partial charge in [-0.1, -0.05) is 53.2 Å². The monoisotopic (exact) mass is 428 g/mol. The van der Waals surface area contributed by atoms with Crippen LogP contribution in [0.25, 0.3) is 4.96 Å². The second-order valence-electron chi connectivity index (χ2n) is 5.73. The van der Waals surface area contributed by atoms with Crippen LogP contribution in [0.15, 0.2) is 33.8 Å². The molecule has 2 heterocycles. The average molecular weight is 429 g/mol. The number of aryl methyl sites for hydroxylation is 1. The summed E-state index contributed by atoms with van der Waals surface area (Å²) in [5, 5.41) is 5.20. The Labute approximate surface area is 153 Å². The maximum absolute atomic E-state index is 12.9. The molecule has 1 aromatic carbocycles. The van der Waals surface area contributed by atoms with Crippen molar-refractivity contribution < 1.29 is 8.42 Å². The normalized spacial score (nSPS) is 12.4. The van der Waals surface area contributed by atoms with Gasteiger partial charge in [-0.25, -0.2) is 18.1 Å². The molecule has 2 aromatic heterocycles. The predicted octanol–water partition coefficient (Wildman–Crippen LogP) is 3.46. The first kappa shape index (κ1) is 17.5. The van der Waals surface area contributed by atoms with Crippen LogP contribution in [0.5, 0.6) is 0 Å². The Morgan fingerprint density at radius 2 is 2.12 bits per heavy atom. The smallest absolute Gasteiger partial charge is 0.221 e. The SMILES string of the molecule is Cc1nn2c(S(=O)(=O)NCc3cccc(Br)c3)c(C(C)C)nc2s1. The van der Waals surface area contributed by atoms with Crippen LogP contribution in [0.1, 0.15) is 36.0 Å². The largest absolute Gasteiger partial charge is 0.260 e. The lowest BCUT2D eigenvalue weighted by atomic mass is 10.2. The summed E-state index contributed by atoms with van der Waals surface area (Å²) in [4.78, 5) is 5.06. The van der Waals surface area contributed by atoms with Gasteiger partial charge in [-0.15, -0.1) is 0 Å². The van der Waals surface area contributed by atoms with E-state index in [1.165, 1.54) is 15.9 Å². The van der Waals surface area contributed by atoms with Crippen LogP contribution >= 0.6 is 27.3 Å². The fraction of sp³-hybridized carbons (Fsp3) is 0.333. The van der Waals surface area contributed by atoms with E-state index in [0.29, 0.717) is 10.7 Å². The Hall–Kier alpha value is -1.29. The molecule has 0 bridgehead atoms. The topological polar surface area (TPSA) is 76.4 Å². The molecule has 3 rings (SSSR count). The van der Waals surface area contributed by atoms with Crippen molar-refractivity contribution in [2.45, 2.75) is 38.3 Å². The van der Waals surface area contributed by atoms with Crippen LogP contribution in [0.4, 0.5) is 0 Å². The molecule has 0 aliphatic rings. The summed E-state index contributed by atoms with van der Waals surface area (Å²) in [5.41, 5.74) is 1.41. The molecule has 0 saturated heterocycles. The van der Waals surface area contributed by atoms with Crippen molar-refractivity contribution in [2.75, 3.05) is 0 Å². The molecule has 3 aromatic rings. The van der Waals surface area contributed by atoms with Crippen molar-refractivity contribution in [3.05, 3.63) is 45.0 Å². The molecule has 0 aliphatic heterocycles. The van der Waals surface area contributed by atoms with Gasteiger partial charge < -0.3 is 0 Å². The van der Waals surface area contributed by atoms with Gasteiger partial charge in [-0.3, -0.25) is 0 Å². The summed E-state index contributed by atoms with van der Waals surface area (Å²) in [6, 6.07) is 7.52. The highest BCUT2D eigenvalue weighted by atomic mass is 79.9. The van der Waals surface area contributed by atoms with Gasteiger partial charge in [-0.05, 0) is 30.5 Å². The lowest BCUT2D eigenvalue weighted by molar-refractivity contribution is 0.569. The van der Waals surface area contributed by atoms with Gasteiger partial charge >= 0.3 is 0 Å². The number of halogens is 1. The Balaban J connectivity index is 1.99.